The van der Waals surface area contributed by atoms with Crippen molar-refractivity contribution in [2.45, 2.75) is 34.6 Å². The van der Waals surface area contributed by atoms with Crippen LogP contribution >= 0.6 is 11.8 Å². The van der Waals surface area contributed by atoms with Gasteiger partial charge in [-0.2, -0.15) is 16.9 Å². The second kappa shape index (κ2) is 26.3. The lowest BCUT2D eigenvalue weighted by atomic mass is 10.2. The number of thioether (sulfide) groups is 1. The number of hydrogen-bond acceptors (Lipinski definition) is 6. The van der Waals surface area contributed by atoms with Gasteiger partial charge in [0.05, 0.1) is 5.69 Å². The van der Waals surface area contributed by atoms with E-state index in [1.165, 1.54) is 11.1 Å². The smallest absolute Gasteiger partial charge is 0.204 e. The highest BCUT2D eigenvalue weighted by atomic mass is 32.2. The monoisotopic (exact) mass is 462 g/mol. The zero-order valence-corrected chi connectivity index (χ0v) is 21.5. The summed E-state index contributed by atoms with van der Waals surface area (Å²) in [6.07, 6.45) is 11.7. The topological polar surface area (TPSA) is 90.9 Å². The number of hydrogen-bond donors (Lipinski definition) is 3. The van der Waals surface area contributed by atoms with Crippen LogP contribution in [0.25, 0.3) is 0 Å². The molecule has 2 rings (SSSR count). The summed E-state index contributed by atoms with van der Waals surface area (Å²) < 4.78 is 0. The minimum atomic E-state index is 0.250. The van der Waals surface area contributed by atoms with Gasteiger partial charge in [-0.25, -0.2) is 5.01 Å². The van der Waals surface area contributed by atoms with Crippen LogP contribution in [-0.4, -0.2) is 43.4 Å². The van der Waals surface area contributed by atoms with E-state index < -0.39 is 0 Å². The molecule has 0 fully saturated rings. The predicted octanol–water partition coefficient (Wildman–Crippen LogP) is 5.03. The zero-order valence-electron chi connectivity index (χ0n) is 20.7. The molecule has 1 aromatic rings. The van der Waals surface area contributed by atoms with Gasteiger partial charge in [0, 0.05) is 31.9 Å². The van der Waals surface area contributed by atoms with Gasteiger partial charge in [-0.05, 0) is 38.0 Å². The van der Waals surface area contributed by atoms with Crippen LogP contribution in [0, 0.1) is 6.92 Å². The Morgan fingerprint density at radius 2 is 1.78 bits per heavy atom. The fourth-order valence-electron chi connectivity index (χ4n) is 2.24. The molecule has 32 heavy (non-hydrogen) atoms. The van der Waals surface area contributed by atoms with Crippen molar-refractivity contribution >= 4 is 30.1 Å². The normalized spacial score (nSPS) is 15.7. The highest BCUT2D eigenvalue weighted by Crippen LogP contribution is 2.26. The molecule has 4 N–H and O–H groups in total. The molecule has 0 spiro atoms. The largest absolute Gasteiger partial charge is 0.400 e. The summed E-state index contributed by atoms with van der Waals surface area (Å²) in [7, 11) is 2.95. The minimum absolute atomic E-state index is 0.250. The van der Waals surface area contributed by atoms with Crippen molar-refractivity contribution in [2.75, 3.05) is 30.7 Å². The molecule has 1 aliphatic rings. The van der Waals surface area contributed by atoms with Crippen LogP contribution in [0.5, 0.6) is 0 Å². The summed E-state index contributed by atoms with van der Waals surface area (Å²) in [5.41, 5.74) is 7.84. The molecule has 1 amide bonds. The van der Waals surface area contributed by atoms with Gasteiger partial charge in [0.25, 0.3) is 0 Å². The third kappa shape index (κ3) is 16.0. The first-order valence-electron chi connectivity index (χ1n) is 10.4. The first-order valence-corrected chi connectivity index (χ1v) is 11.6. The van der Waals surface area contributed by atoms with E-state index in [2.05, 4.69) is 54.8 Å². The van der Waals surface area contributed by atoms with Crippen molar-refractivity contribution in [3.8, 4) is 0 Å². The Bertz CT molecular complexity index is 714. The number of amides is 1. The van der Waals surface area contributed by atoms with E-state index in [1.54, 1.807) is 6.08 Å². The Morgan fingerprint density at radius 3 is 2.28 bits per heavy atom. The second-order valence-corrected chi connectivity index (χ2v) is 6.60. The van der Waals surface area contributed by atoms with E-state index in [4.69, 9.17) is 9.90 Å². The summed E-state index contributed by atoms with van der Waals surface area (Å²) >= 11 is 1.88. The average molecular weight is 463 g/mol. The first-order chi connectivity index (χ1) is 15.6. The van der Waals surface area contributed by atoms with Gasteiger partial charge in [0.2, 0.25) is 6.41 Å². The molecule has 6 nitrogen and oxygen atoms in total. The van der Waals surface area contributed by atoms with E-state index >= 15 is 0 Å². The number of benzene rings is 1. The molecular formula is C25H42N4O2S. The molecule has 0 atom stereocenters. The minimum Gasteiger partial charge on any atom is -0.400 e. The molecule has 180 valence electrons. The molecular weight excluding hydrogens is 420 g/mol. The number of hydrazone groups is 1. The zero-order chi connectivity index (χ0) is 25.2. The molecule has 0 saturated carbocycles. The van der Waals surface area contributed by atoms with Gasteiger partial charge >= 0.3 is 0 Å². The van der Waals surface area contributed by atoms with Gasteiger partial charge in [0.15, 0.2) is 0 Å². The van der Waals surface area contributed by atoms with Gasteiger partial charge in [0.1, 0.15) is 5.82 Å². The van der Waals surface area contributed by atoms with Crippen molar-refractivity contribution < 1.29 is 9.90 Å². The van der Waals surface area contributed by atoms with E-state index in [9.17, 15) is 0 Å². The van der Waals surface area contributed by atoms with E-state index in [0.29, 0.717) is 0 Å². The first kappa shape index (κ1) is 33.9. The van der Waals surface area contributed by atoms with Crippen molar-refractivity contribution in [3.05, 3.63) is 78.2 Å². The number of allylic oxidation sites excluding steroid dienone is 5. The molecule has 0 aromatic heterocycles. The number of aryl methyl sites for hydroxylation is 1. The highest BCUT2D eigenvalue weighted by Gasteiger charge is 2.15. The SMILES string of the molecule is C=C/C=C\C=C/C.CC.CN/C1=C(/C)CSC/C=N/N1c1ccccc1C.CO.NC=O. The van der Waals surface area contributed by atoms with Crippen LogP contribution in [0.4, 0.5) is 5.69 Å². The third-order valence-corrected chi connectivity index (χ3v) is 4.48. The number of nitrogens with two attached hydrogens (primary N) is 1. The number of carbonyl (C=O) groups excluding carboxylic acids is 1. The van der Waals surface area contributed by atoms with Gasteiger partial charge in [-0.3, -0.25) is 4.79 Å². The molecule has 0 radical (unpaired) electrons. The quantitative estimate of drug-likeness (QED) is 0.431. The van der Waals surface area contributed by atoms with E-state index in [-0.39, 0.29) is 6.41 Å². The molecule has 1 aliphatic heterocycles. The Hall–Kier alpha value is -2.77. The number of nitrogens with one attached hydrogen (secondary N) is 1. The molecule has 0 aliphatic carbocycles. The highest BCUT2D eigenvalue weighted by molar-refractivity contribution is 8.00. The average Bonchev–Trinajstić information content (AvgIpc) is 2.81. The predicted molar refractivity (Wildman–Crippen MR) is 145 cm³/mol. The number of aliphatic hydroxyl groups excluding tert-OH is 1. The number of nitrogens with zero attached hydrogens (tertiary/aromatic N) is 2. The maximum atomic E-state index is 8.58. The number of aliphatic hydroxyl groups is 1. The fourth-order valence-corrected chi connectivity index (χ4v) is 2.98. The van der Waals surface area contributed by atoms with Crippen molar-refractivity contribution in [2.24, 2.45) is 10.8 Å². The van der Waals surface area contributed by atoms with Crippen molar-refractivity contribution in [1.82, 2.24) is 5.32 Å². The standard InChI is InChI=1S/C14H19N3S.C7H10.C2H6.CH3NO.CH4O/c1-11-6-4-5-7-13(11)17-14(15-3)12(2)10-18-9-8-16-17;1-3-5-7-6-4-2;1-2;2-1-3;1-2/h4-8,15H,9-10H2,1-3H3;3-7H,1H2,2H3;1-2H3;1H,(H2,2,3);2H,1H3/b14-12+,16-8+;6-4-,7-5-;;;. The Labute approximate surface area is 199 Å². The fraction of sp³-hybridized carbons (Fsp3) is 0.360. The van der Waals surface area contributed by atoms with Crippen LogP contribution < -0.4 is 16.1 Å². The van der Waals surface area contributed by atoms with Crippen LogP contribution in [0.2, 0.25) is 0 Å². The molecule has 1 heterocycles. The third-order valence-electron chi connectivity index (χ3n) is 3.46. The Kier molecular flexibility index (Phi) is 27.8. The van der Waals surface area contributed by atoms with Gasteiger partial charge < -0.3 is 16.2 Å². The number of rotatable bonds is 4. The molecule has 0 unspecified atom stereocenters. The van der Waals surface area contributed by atoms with Gasteiger partial charge in [-0.15, -0.1) is 0 Å². The van der Waals surface area contributed by atoms with Crippen molar-refractivity contribution in [1.29, 1.82) is 0 Å². The van der Waals surface area contributed by atoms with E-state index in [0.717, 1.165) is 30.1 Å². The number of para-hydroxylation sites is 1. The maximum Gasteiger partial charge on any atom is 0.204 e. The summed E-state index contributed by atoms with van der Waals surface area (Å²) in [5.74, 6) is 3.06. The Balaban J connectivity index is -0.000000503. The van der Waals surface area contributed by atoms with Crippen LogP contribution in [0.15, 0.2) is 77.7 Å². The summed E-state index contributed by atoms with van der Waals surface area (Å²) in [4.78, 5) is 8.58. The molecule has 1 aromatic carbocycles. The summed E-state index contributed by atoms with van der Waals surface area (Å²) in [6, 6.07) is 8.32. The number of anilines is 1. The second-order valence-electron chi connectivity index (χ2n) is 5.57. The maximum absolute atomic E-state index is 8.58. The Morgan fingerprint density at radius 1 is 1.19 bits per heavy atom. The van der Waals surface area contributed by atoms with Crippen LogP contribution in [0.3, 0.4) is 0 Å². The van der Waals surface area contributed by atoms with Crippen LogP contribution in [-0.2, 0) is 4.79 Å². The van der Waals surface area contributed by atoms with E-state index in [1.807, 2.05) is 81.2 Å². The molecule has 0 bridgehead atoms. The summed E-state index contributed by atoms with van der Waals surface area (Å²) in [5, 5.41) is 16.9. The lowest BCUT2D eigenvalue weighted by Crippen LogP contribution is -2.28. The number of primary amides is 1. The lowest BCUT2D eigenvalue weighted by Gasteiger charge is -2.26. The van der Waals surface area contributed by atoms with Crippen molar-refractivity contribution in [3.63, 3.8) is 0 Å². The molecule has 0 saturated heterocycles. The summed E-state index contributed by atoms with van der Waals surface area (Å²) in [6.45, 7) is 13.8. The van der Waals surface area contributed by atoms with Gasteiger partial charge in [-0.1, -0.05) is 69.0 Å². The van der Waals surface area contributed by atoms with Crippen LogP contribution in [0.1, 0.15) is 33.3 Å². The molecule has 7 heteroatoms. The number of carbonyl (C=O) groups is 1. The lowest BCUT2D eigenvalue weighted by molar-refractivity contribution is -0.106.